The van der Waals surface area contributed by atoms with Gasteiger partial charge >= 0.3 is 6.36 Å². The first-order valence-electron chi connectivity index (χ1n) is 5.87. The van der Waals surface area contributed by atoms with E-state index in [2.05, 4.69) is 15.0 Å². The van der Waals surface area contributed by atoms with Crippen LogP contribution in [0.3, 0.4) is 0 Å². The van der Waals surface area contributed by atoms with Crippen LogP contribution in [0.15, 0.2) is 46.1 Å². The molecule has 0 fully saturated rings. The Bertz CT molecular complexity index is 617. The molecule has 0 amide bonds. The van der Waals surface area contributed by atoms with Crippen molar-refractivity contribution in [1.82, 2.24) is 0 Å². The minimum absolute atomic E-state index is 0. The molecule has 1 aromatic heterocycles. The number of ether oxygens (including phenoxy) is 1. The van der Waals surface area contributed by atoms with Gasteiger partial charge in [0.2, 0.25) is 0 Å². The third kappa shape index (κ3) is 6.10. The van der Waals surface area contributed by atoms with Crippen LogP contribution in [0.2, 0.25) is 0 Å². The first-order valence-corrected chi connectivity index (χ1v) is 6.81. The maximum atomic E-state index is 12.3. The van der Waals surface area contributed by atoms with Crippen molar-refractivity contribution in [2.45, 2.75) is 12.9 Å². The van der Waals surface area contributed by atoms with E-state index in [4.69, 9.17) is 5.73 Å². The van der Waals surface area contributed by atoms with Gasteiger partial charge in [0.05, 0.1) is 12.2 Å². The summed E-state index contributed by atoms with van der Waals surface area (Å²) in [6.45, 7) is 0.352. The Kier molecular flexibility index (Phi) is 6.94. The van der Waals surface area contributed by atoms with Crippen molar-refractivity contribution in [3.63, 3.8) is 0 Å². The summed E-state index contributed by atoms with van der Waals surface area (Å²) in [5.74, 6) is -0.349. The number of hydrogen-bond acceptors (Lipinski definition) is 3. The summed E-state index contributed by atoms with van der Waals surface area (Å²) in [6, 6.07) is 7.51. The van der Waals surface area contributed by atoms with Crippen molar-refractivity contribution in [2.75, 3.05) is 5.32 Å². The minimum atomic E-state index is -4.76. The van der Waals surface area contributed by atoms with Crippen LogP contribution in [0.4, 0.5) is 18.9 Å². The topological polar surface area (TPSA) is 59.6 Å². The summed E-state index contributed by atoms with van der Waals surface area (Å²) in [5.41, 5.74) is 6.74. The standard InChI is InChI=1S/C13H12F3N3OS.HI/c14-13(15,16)20-11-4-2-1-3-10(11)19-12(17)18-7-9-5-6-21-8-9;/h1-6,8H,7H2,(H3,17,18,19);1H. The molecule has 0 radical (unpaired) electrons. The van der Waals surface area contributed by atoms with E-state index in [0.29, 0.717) is 6.54 Å². The van der Waals surface area contributed by atoms with Crippen LogP contribution in [0, 0.1) is 0 Å². The molecular weight excluding hydrogens is 430 g/mol. The number of nitrogens with two attached hydrogens (primary N) is 1. The van der Waals surface area contributed by atoms with Gasteiger partial charge in [-0.2, -0.15) is 11.3 Å². The Balaban J connectivity index is 0.00000242. The molecule has 0 atom stereocenters. The van der Waals surface area contributed by atoms with Gasteiger partial charge in [-0.3, -0.25) is 0 Å². The highest BCUT2D eigenvalue weighted by molar-refractivity contribution is 14.0. The third-order valence-corrected chi connectivity index (χ3v) is 3.12. The molecule has 9 heteroatoms. The zero-order chi connectivity index (χ0) is 15.3. The first-order chi connectivity index (χ1) is 9.94. The quantitative estimate of drug-likeness (QED) is 0.424. The summed E-state index contributed by atoms with van der Waals surface area (Å²) in [5, 5.41) is 6.42. The number of hydrogen-bond donors (Lipinski definition) is 2. The van der Waals surface area contributed by atoms with Crippen molar-refractivity contribution in [2.24, 2.45) is 10.7 Å². The lowest BCUT2D eigenvalue weighted by Gasteiger charge is -2.14. The Morgan fingerprint density at radius 1 is 1.27 bits per heavy atom. The normalized spacial score (nSPS) is 11.7. The molecular formula is C13H13F3IN3OS. The molecule has 22 heavy (non-hydrogen) atoms. The van der Waals surface area contributed by atoms with E-state index >= 15 is 0 Å². The monoisotopic (exact) mass is 443 g/mol. The van der Waals surface area contributed by atoms with E-state index in [-0.39, 0.29) is 41.4 Å². The Morgan fingerprint density at radius 3 is 2.64 bits per heavy atom. The first kappa shape index (κ1) is 18.6. The fourth-order valence-corrected chi connectivity index (χ4v) is 2.18. The van der Waals surface area contributed by atoms with Gasteiger partial charge in [0.25, 0.3) is 0 Å². The van der Waals surface area contributed by atoms with Crippen molar-refractivity contribution >= 4 is 47.0 Å². The highest BCUT2D eigenvalue weighted by Gasteiger charge is 2.32. The van der Waals surface area contributed by atoms with E-state index in [1.807, 2.05) is 16.8 Å². The zero-order valence-corrected chi connectivity index (χ0v) is 14.3. The van der Waals surface area contributed by atoms with Crippen LogP contribution in [0.5, 0.6) is 5.75 Å². The highest BCUT2D eigenvalue weighted by atomic mass is 127. The number of guanidine groups is 1. The fraction of sp³-hybridized carbons (Fsp3) is 0.154. The molecule has 3 N–H and O–H groups in total. The number of rotatable bonds is 4. The molecule has 0 aliphatic rings. The number of nitrogens with one attached hydrogen (secondary N) is 1. The third-order valence-electron chi connectivity index (χ3n) is 2.39. The van der Waals surface area contributed by atoms with Gasteiger partial charge in [0.1, 0.15) is 0 Å². The molecule has 0 saturated heterocycles. The van der Waals surface area contributed by atoms with Crippen molar-refractivity contribution < 1.29 is 17.9 Å². The van der Waals surface area contributed by atoms with Crippen LogP contribution in [0.1, 0.15) is 5.56 Å². The van der Waals surface area contributed by atoms with Gasteiger partial charge < -0.3 is 15.8 Å². The zero-order valence-electron chi connectivity index (χ0n) is 11.1. The van der Waals surface area contributed by atoms with Crippen LogP contribution < -0.4 is 15.8 Å². The summed E-state index contributed by atoms with van der Waals surface area (Å²) in [6.07, 6.45) is -4.76. The minimum Gasteiger partial charge on any atom is -0.404 e. The lowest BCUT2D eigenvalue weighted by molar-refractivity contribution is -0.274. The van der Waals surface area contributed by atoms with E-state index in [1.165, 1.54) is 29.5 Å². The average Bonchev–Trinajstić information content (AvgIpc) is 2.90. The van der Waals surface area contributed by atoms with Crippen molar-refractivity contribution in [3.05, 3.63) is 46.7 Å². The van der Waals surface area contributed by atoms with Crippen LogP contribution in [-0.4, -0.2) is 12.3 Å². The molecule has 2 rings (SSSR count). The number of benzene rings is 1. The van der Waals surface area contributed by atoms with E-state index in [0.717, 1.165) is 5.56 Å². The van der Waals surface area contributed by atoms with E-state index in [9.17, 15) is 13.2 Å². The van der Waals surface area contributed by atoms with Gasteiger partial charge in [-0.1, -0.05) is 12.1 Å². The molecule has 1 heterocycles. The van der Waals surface area contributed by atoms with Gasteiger partial charge in [0.15, 0.2) is 11.7 Å². The second kappa shape index (κ2) is 8.22. The summed E-state index contributed by atoms with van der Waals surface area (Å²) < 4.78 is 40.8. The molecule has 0 spiro atoms. The maximum Gasteiger partial charge on any atom is 0.573 e. The molecule has 120 valence electrons. The molecule has 0 unspecified atom stereocenters. The number of halogens is 4. The van der Waals surface area contributed by atoms with Gasteiger partial charge in [-0.25, -0.2) is 4.99 Å². The number of alkyl halides is 3. The Labute approximate surface area is 146 Å². The molecule has 0 aliphatic heterocycles. The summed E-state index contributed by atoms with van der Waals surface area (Å²) in [4.78, 5) is 4.05. The average molecular weight is 443 g/mol. The molecule has 1 aromatic carbocycles. The van der Waals surface area contributed by atoms with Gasteiger partial charge in [0, 0.05) is 0 Å². The van der Waals surface area contributed by atoms with Crippen LogP contribution in [0.25, 0.3) is 0 Å². The lowest BCUT2D eigenvalue weighted by atomic mass is 10.3. The van der Waals surface area contributed by atoms with Crippen molar-refractivity contribution in [3.8, 4) is 5.75 Å². The largest absolute Gasteiger partial charge is 0.573 e. The second-order valence-electron chi connectivity index (χ2n) is 4.00. The number of nitrogens with zero attached hydrogens (tertiary/aromatic N) is 1. The number of anilines is 1. The van der Waals surface area contributed by atoms with Gasteiger partial charge in [-0.05, 0) is 34.5 Å². The molecule has 2 aromatic rings. The second-order valence-corrected chi connectivity index (χ2v) is 4.78. The number of thiophene rings is 1. The summed E-state index contributed by atoms with van der Waals surface area (Å²) >= 11 is 1.53. The highest BCUT2D eigenvalue weighted by Crippen LogP contribution is 2.29. The fourth-order valence-electron chi connectivity index (χ4n) is 1.52. The number of para-hydroxylation sites is 2. The Morgan fingerprint density at radius 2 is 2.00 bits per heavy atom. The maximum absolute atomic E-state index is 12.3. The molecule has 0 saturated carbocycles. The predicted molar refractivity (Wildman–Crippen MR) is 91.8 cm³/mol. The summed E-state index contributed by atoms with van der Waals surface area (Å²) in [7, 11) is 0. The van der Waals surface area contributed by atoms with Crippen LogP contribution in [-0.2, 0) is 6.54 Å². The smallest absolute Gasteiger partial charge is 0.404 e. The lowest BCUT2D eigenvalue weighted by Crippen LogP contribution is -2.24. The van der Waals surface area contributed by atoms with E-state index in [1.54, 1.807) is 6.07 Å². The SMILES string of the molecule is I.NC(=NCc1ccsc1)Nc1ccccc1OC(F)(F)F. The molecule has 0 bridgehead atoms. The molecule has 0 aliphatic carbocycles. The van der Waals surface area contributed by atoms with Gasteiger partial charge in [-0.15, -0.1) is 37.1 Å². The molecule has 4 nitrogen and oxygen atoms in total. The number of aliphatic imine (C=N–C) groups is 1. The van der Waals surface area contributed by atoms with Crippen LogP contribution >= 0.6 is 35.3 Å². The predicted octanol–water partition coefficient (Wildman–Crippen LogP) is 4.19. The van der Waals surface area contributed by atoms with E-state index < -0.39 is 6.36 Å². The van der Waals surface area contributed by atoms with Crippen molar-refractivity contribution in [1.29, 1.82) is 0 Å². The Hall–Kier alpha value is -1.49.